The summed E-state index contributed by atoms with van der Waals surface area (Å²) < 4.78 is 14.8. The number of nitriles is 1. The molecule has 6 nitrogen and oxygen atoms in total. The number of aryl methyl sites for hydroxylation is 2. The van der Waals surface area contributed by atoms with Gasteiger partial charge in [0.1, 0.15) is 23.0 Å². The van der Waals surface area contributed by atoms with Crippen LogP contribution in [0.4, 0.5) is 10.1 Å². The first-order chi connectivity index (χ1) is 14.9. The molecule has 0 N–H and O–H groups in total. The van der Waals surface area contributed by atoms with Gasteiger partial charge in [-0.05, 0) is 43.2 Å². The van der Waals surface area contributed by atoms with Gasteiger partial charge in [-0.2, -0.15) is 5.26 Å². The molecule has 1 aliphatic heterocycles. The summed E-state index contributed by atoms with van der Waals surface area (Å²) >= 11 is 0. The van der Waals surface area contributed by atoms with E-state index in [-0.39, 0.29) is 23.0 Å². The van der Waals surface area contributed by atoms with E-state index in [1.54, 1.807) is 7.05 Å². The number of pyridine rings is 2. The third kappa shape index (κ3) is 3.79. The number of fused-ring (bicyclic) bond motifs is 1. The Morgan fingerprint density at radius 1 is 1.13 bits per heavy atom. The molecule has 1 unspecified atom stereocenters. The van der Waals surface area contributed by atoms with Crippen LogP contribution >= 0.6 is 0 Å². The van der Waals surface area contributed by atoms with E-state index in [1.165, 1.54) is 16.7 Å². The number of anilines is 1. The van der Waals surface area contributed by atoms with Crippen molar-refractivity contribution < 1.29 is 4.39 Å². The lowest BCUT2D eigenvalue weighted by atomic mass is 10.0. The molecule has 4 rings (SSSR count). The minimum atomic E-state index is -0.296. The standard InChI is InChI=1S/C24H26FN5O/c1-4-20(17-6-8-18(25)9-7-17)29-11-13-30(14-12-29)23-19(15-26)24(31)28(3)21-10-5-16(2)27-22(21)23/h5-10,20H,4,11-14H2,1-3H3. The van der Waals surface area contributed by atoms with E-state index in [4.69, 9.17) is 0 Å². The number of benzene rings is 1. The second-order valence-electron chi connectivity index (χ2n) is 8.02. The van der Waals surface area contributed by atoms with Gasteiger partial charge in [-0.3, -0.25) is 9.69 Å². The molecule has 31 heavy (non-hydrogen) atoms. The molecular formula is C24H26FN5O. The molecule has 7 heteroatoms. The molecule has 2 aromatic heterocycles. The molecule has 3 aromatic rings. The lowest BCUT2D eigenvalue weighted by Crippen LogP contribution is -2.48. The summed E-state index contributed by atoms with van der Waals surface area (Å²) in [6.45, 7) is 6.98. The zero-order valence-electron chi connectivity index (χ0n) is 18.1. The normalized spacial score (nSPS) is 15.8. The van der Waals surface area contributed by atoms with E-state index < -0.39 is 0 Å². The largest absolute Gasteiger partial charge is 0.366 e. The van der Waals surface area contributed by atoms with Gasteiger partial charge in [-0.15, -0.1) is 0 Å². The molecule has 0 spiro atoms. The van der Waals surface area contributed by atoms with Gasteiger partial charge in [-0.1, -0.05) is 19.1 Å². The first kappa shape index (κ1) is 21.0. The van der Waals surface area contributed by atoms with Crippen molar-refractivity contribution in [2.75, 3.05) is 31.1 Å². The molecule has 0 radical (unpaired) electrons. The van der Waals surface area contributed by atoms with Gasteiger partial charge < -0.3 is 9.47 Å². The molecule has 0 bridgehead atoms. The monoisotopic (exact) mass is 419 g/mol. The van der Waals surface area contributed by atoms with Gasteiger partial charge in [-0.25, -0.2) is 9.37 Å². The van der Waals surface area contributed by atoms with Crippen molar-refractivity contribution in [2.45, 2.75) is 26.3 Å². The number of nitrogens with zero attached hydrogens (tertiary/aromatic N) is 5. The van der Waals surface area contributed by atoms with Crippen LogP contribution in [0, 0.1) is 24.1 Å². The summed E-state index contributed by atoms with van der Waals surface area (Å²) in [7, 11) is 1.68. The molecule has 0 saturated carbocycles. The van der Waals surface area contributed by atoms with Crippen molar-refractivity contribution in [3.63, 3.8) is 0 Å². The van der Waals surface area contributed by atoms with Crippen LogP contribution < -0.4 is 10.5 Å². The third-order valence-corrected chi connectivity index (χ3v) is 6.18. The third-order valence-electron chi connectivity index (χ3n) is 6.18. The summed E-state index contributed by atoms with van der Waals surface area (Å²) in [5.41, 5.74) is 3.85. The van der Waals surface area contributed by atoms with Crippen LogP contribution in [0.3, 0.4) is 0 Å². The van der Waals surface area contributed by atoms with Crippen molar-refractivity contribution >= 4 is 16.7 Å². The van der Waals surface area contributed by atoms with E-state index in [9.17, 15) is 14.4 Å². The topological polar surface area (TPSA) is 65.2 Å². The van der Waals surface area contributed by atoms with E-state index in [0.717, 1.165) is 36.3 Å². The SMILES string of the molecule is CCC(c1ccc(F)cc1)N1CCN(c2c(C#N)c(=O)n(C)c3ccc(C)nc23)CC1. The molecule has 1 aliphatic rings. The fourth-order valence-corrected chi connectivity index (χ4v) is 4.55. The maximum Gasteiger partial charge on any atom is 0.270 e. The predicted octanol–water partition coefficient (Wildman–Crippen LogP) is 3.53. The predicted molar refractivity (Wildman–Crippen MR) is 120 cm³/mol. The van der Waals surface area contributed by atoms with Crippen LogP contribution in [0.5, 0.6) is 0 Å². The maximum atomic E-state index is 13.3. The Balaban J connectivity index is 1.67. The molecule has 1 atom stereocenters. The van der Waals surface area contributed by atoms with Gasteiger partial charge in [0.05, 0.1) is 11.2 Å². The molecular weight excluding hydrogens is 393 g/mol. The number of rotatable bonds is 4. The molecule has 1 aromatic carbocycles. The number of hydrogen-bond acceptors (Lipinski definition) is 5. The van der Waals surface area contributed by atoms with Crippen molar-refractivity contribution in [2.24, 2.45) is 7.05 Å². The lowest BCUT2D eigenvalue weighted by Gasteiger charge is -2.40. The highest BCUT2D eigenvalue weighted by Gasteiger charge is 2.28. The second-order valence-corrected chi connectivity index (χ2v) is 8.02. The number of aromatic nitrogens is 2. The Hall–Kier alpha value is -3.24. The van der Waals surface area contributed by atoms with Crippen LogP contribution in [0.15, 0.2) is 41.2 Å². The molecule has 160 valence electrons. The number of piperazine rings is 1. The average Bonchev–Trinajstić information content (AvgIpc) is 2.78. The fourth-order valence-electron chi connectivity index (χ4n) is 4.55. The molecule has 0 aliphatic carbocycles. The van der Waals surface area contributed by atoms with Crippen LogP contribution in [-0.2, 0) is 7.05 Å². The maximum absolute atomic E-state index is 13.3. The van der Waals surface area contributed by atoms with Crippen molar-refractivity contribution in [3.05, 3.63) is 69.4 Å². The Bertz CT molecular complexity index is 1200. The highest BCUT2D eigenvalue weighted by molar-refractivity contribution is 5.91. The zero-order valence-corrected chi connectivity index (χ0v) is 18.1. The quantitative estimate of drug-likeness (QED) is 0.647. The van der Waals surface area contributed by atoms with Crippen LogP contribution in [0.2, 0.25) is 0 Å². The Kier molecular flexibility index (Phi) is 5.75. The minimum Gasteiger partial charge on any atom is -0.366 e. The number of hydrogen-bond donors (Lipinski definition) is 0. The van der Waals surface area contributed by atoms with Crippen molar-refractivity contribution in [1.82, 2.24) is 14.5 Å². The van der Waals surface area contributed by atoms with E-state index in [0.29, 0.717) is 24.3 Å². The number of halogens is 1. The molecule has 3 heterocycles. The van der Waals surface area contributed by atoms with Gasteiger partial charge >= 0.3 is 0 Å². The summed E-state index contributed by atoms with van der Waals surface area (Å²) in [5, 5.41) is 9.77. The Morgan fingerprint density at radius 2 is 1.81 bits per heavy atom. The van der Waals surface area contributed by atoms with Crippen molar-refractivity contribution in [1.29, 1.82) is 5.26 Å². The Labute approximate surface area is 181 Å². The Morgan fingerprint density at radius 3 is 2.42 bits per heavy atom. The minimum absolute atomic E-state index is 0.145. The second kappa shape index (κ2) is 8.48. The van der Waals surface area contributed by atoms with E-state index >= 15 is 0 Å². The molecule has 1 fully saturated rings. The summed E-state index contributed by atoms with van der Waals surface area (Å²) in [5.74, 6) is -0.229. The van der Waals surface area contributed by atoms with Crippen molar-refractivity contribution in [3.8, 4) is 6.07 Å². The van der Waals surface area contributed by atoms with E-state index in [2.05, 4.69) is 27.8 Å². The highest BCUT2D eigenvalue weighted by atomic mass is 19.1. The zero-order chi connectivity index (χ0) is 22.1. The van der Waals surface area contributed by atoms with Gasteiger partial charge in [0, 0.05) is 45.0 Å². The van der Waals surface area contributed by atoms with Crippen LogP contribution in [-0.4, -0.2) is 40.6 Å². The smallest absolute Gasteiger partial charge is 0.270 e. The van der Waals surface area contributed by atoms with E-state index in [1.807, 2.05) is 31.2 Å². The molecule has 0 amide bonds. The highest BCUT2D eigenvalue weighted by Crippen LogP contribution is 2.31. The first-order valence-corrected chi connectivity index (χ1v) is 10.6. The van der Waals surface area contributed by atoms with Gasteiger partial charge in [0.25, 0.3) is 5.56 Å². The summed E-state index contributed by atoms with van der Waals surface area (Å²) in [6.07, 6.45) is 0.921. The summed E-state index contributed by atoms with van der Waals surface area (Å²) in [6, 6.07) is 12.8. The summed E-state index contributed by atoms with van der Waals surface area (Å²) in [4.78, 5) is 22.0. The molecule has 1 saturated heterocycles. The van der Waals surface area contributed by atoms with Crippen LogP contribution in [0.25, 0.3) is 11.0 Å². The average molecular weight is 420 g/mol. The first-order valence-electron chi connectivity index (χ1n) is 10.6. The van der Waals surface area contributed by atoms with Crippen LogP contribution in [0.1, 0.15) is 36.2 Å². The van der Waals surface area contributed by atoms with Gasteiger partial charge in [0.15, 0.2) is 0 Å². The fraction of sp³-hybridized carbons (Fsp3) is 0.375. The van der Waals surface area contributed by atoms with Gasteiger partial charge in [0.2, 0.25) is 0 Å². The lowest BCUT2D eigenvalue weighted by molar-refractivity contribution is 0.181.